The lowest BCUT2D eigenvalue weighted by molar-refractivity contribution is -0.00174. The molecule has 1 aliphatic heterocycles. The zero-order valence-corrected chi connectivity index (χ0v) is 12.3. The number of halogens is 2. The highest BCUT2D eigenvalue weighted by Gasteiger charge is 2.22. The fourth-order valence-electron chi connectivity index (χ4n) is 1.66. The molecule has 1 fully saturated rings. The molecule has 0 spiro atoms. The van der Waals surface area contributed by atoms with E-state index in [1.165, 1.54) is 9.35 Å². The van der Waals surface area contributed by atoms with Crippen LogP contribution in [0.1, 0.15) is 4.88 Å². The molecule has 1 aliphatic rings. The number of hydrogen-bond donors (Lipinski definition) is 0. The van der Waals surface area contributed by atoms with E-state index in [0.717, 1.165) is 31.6 Å². The molecular formula is C10H13Br2NOS. The normalized spacial score (nSPS) is 23.2. The lowest BCUT2D eigenvalue weighted by Gasteiger charge is -2.34. The Bertz CT molecular complexity index is 318. The van der Waals surface area contributed by atoms with Crippen LogP contribution in [0.25, 0.3) is 0 Å². The van der Waals surface area contributed by atoms with E-state index in [2.05, 4.69) is 48.2 Å². The summed E-state index contributed by atoms with van der Waals surface area (Å²) in [6, 6.07) is 2.62. The first kappa shape index (κ1) is 12.0. The summed E-state index contributed by atoms with van der Waals surface area (Å²) in [6.45, 7) is 3.75. The summed E-state index contributed by atoms with van der Waals surface area (Å²) in [6.07, 6.45) is 0. The van der Waals surface area contributed by atoms with Crippen molar-refractivity contribution in [2.24, 2.45) is 0 Å². The number of hydrogen-bond acceptors (Lipinski definition) is 3. The number of rotatable bonds is 3. The van der Waals surface area contributed by atoms with E-state index in [1.807, 2.05) is 11.3 Å². The van der Waals surface area contributed by atoms with Gasteiger partial charge in [0.1, 0.15) is 0 Å². The number of nitrogens with zero attached hydrogens (tertiary/aromatic N) is 1. The monoisotopic (exact) mass is 353 g/mol. The molecule has 2 nitrogen and oxygen atoms in total. The molecule has 1 aromatic rings. The van der Waals surface area contributed by atoms with Gasteiger partial charge in [0.2, 0.25) is 0 Å². The van der Waals surface area contributed by atoms with Crippen molar-refractivity contribution in [2.75, 3.05) is 25.1 Å². The van der Waals surface area contributed by atoms with Crippen molar-refractivity contribution in [1.29, 1.82) is 0 Å². The van der Waals surface area contributed by atoms with Gasteiger partial charge in [0.15, 0.2) is 0 Å². The van der Waals surface area contributed by atoms with Crippen molar-refractivity contribution >= 4 is 43.2 Å². The average Bonchev–Trinajstić information content (AvgIpc) is 2.65. The molecule has 0 aliphatic carbocycles. The Morgan fingerprint density at radius 1 is 1.60 bits per heavy atom. The van der Waals surface area contributed by atoms with Crippen LogP contribution in [0, 0.1) is 0 Å². The van der Waals surface area contributed by atoms with E-state index >= 15 is 0 Å². The fraction of sp³-hybridized carbons (Fsp3) is 0.600. The molecule has 0 radical (unpaired) electrons. The summed E-state index contributed by atoms with van der Waals surface area (Å²) < 4.78 is 6.70. The van der Waals surface area contributed by atoms with Crippen LogP contribution in [0.4, 0.5) is 0 Å². The van der Waals surface area contributed by atoms with Gasteiger partial charge in [-0.25, -0.2) is 0 Å². The summed E-state index contributed by atoms with van der Waals surface area (Å²) in [5.41, 5.74) is 0. The maximum Gasteiger partial charge on any atom is 0.0630 e. The molecule has 0 amide bonds. The lowest BCUT2D eigenvalue weighted by atomic mass is 10.2. The summed E-state index contributed by atoms with van der Waals surface area (Å²) in [7, 11) is 0. The Morgan fingerprint density at radius 3 is 3.13 bits per heavy atom. The minimum absolute atomic E-state index is 0.507. The van der Waals surface area contributed by atoms with E-state index in [9.17, 15) is 0 Å². The second kappa shape index (κ2) is 5.77. The van der Waals surface area contributed by atoms with Gasteiger partial charge in [-0.05, 0) is 27.4 Å². The Kier molecular flexibility index (Phi) is 4.64. The van der Waals surface area contributed by atoms with E-state index < -0.39 is 0 Å². The summed E-state index contributed by atoms with van der Waals surface area (Å²) in [5, 5.41) is 3.11. The molecule has 5 heteroatoms. The molecule has 1 atom stereocenters. The smallest absolute Gasteiger partial charge is 0.0630 e. The van der Waals surface area contributed by atoms with Gasteiger partial charge >= 0.3 is 0 Å². The molecular weight excluding hydrogens is 342 g/mol. The minimum Gasteiger partial charge on any atom is -0.378 e. The minimum atomic E-state index is 0.507. The van der Waals surface area contributed by atoms with E-state index in [4.69, 9.17) is 4.74 Å². The van der Waals surface area contributed by atoms with Crippen molar-refractivity contribution in [3.63, 3.8) is 0 Å². The highest BCUT2D eigenvalue weighted by atomic mass is 79.9. The van der Waals surface area contributed by atoms with Gasteiger partial charge in [0.25, 0.3) is 0 Å². The van der Waals surface area contributed by atoms with Crippen LogP contribution >= 0.6 is 43.2 Å². The molecule has 1 aromatic heterocycles. The third-order valence-corrected chi connectivity index (χ3v) is 5.22. The van der Waals surface area contributed by atoms with Crippen LogP contribution in [-0.4, -0.2) is 36.0 Å². The third kappa shape index (κ3) is 3.03. The first-order chi connectivity index (χ1) is 7.31. The lowest BCUT2D eigenvalue weighted by Crippen LogP contribution is -2.45. The molecule has 0 bridgehead atoms. The molecule has 2 rings (SSSR count). The van der Waals surface area contributed by atoms with Crippen molar-refractivity contribution in [3.8, 4) is 0 Å². The number of alkyl halides is 1. The quantitative estimate of drug-likeness (QED) is 0.773. The van der Waals surface area contributed by atoms with Crippen molar-refractivity contribution < 1.29 is 4.74 Å². The van der Waals surface area contributed by atoms with Gasteiger partial charge < -0.3 is 4.74 Å². The van der Waals surface area contributed by atoms with Crippen molar-refractivity contribution in [3.05, 3.63) is 20.8 Å². The Morgan fingerprint density at radius 2 is 2.47 bits per heavy atom. The Labute approximate surface area is 111 Å². The van der Waals surface area contributed by atoms with Crippen molar-refractivity contribution in [2.45, 2.75) is 12.6 Å². The Hall–Kier alpha value is 0.580. The predicted octanol–water partition coefficient (Wildman–Crippen LogP) is 3.11. The second-order valence-corrected chi connectivity index (χ2v) is 6.05. The first-order valence-corrected chi connectivity index (χ1v) is 7.70. The van der Waals surface area contributed by atoms with Gasteiger partial charge in [-0.2, -0.15) is 0 Å². The van der Waals surface area contributed by atoms with Crippen LogP contribution in [0.5, 0.6) is 0 Å². The summed E-state index contributed by atoms with van der Waals surface area (Å²) >= 11 is 8.93. The Balaban J connectivity index is 2.00. The predicted molar refractivity (Wildman–Crippen MR) is 70.8 cm³/mol. The van der Waals surface area contributed by atoms with Crippen LogP contribution in [0.3, 0.4) is 0 Å². The van der Waals surface area contributed by atoms with Gasteiger partial charge in [-0.1, -0.05) is 15.9 Å². The van der Waals surface area contributed by atoms with Gasteiger partial charge in [0, 0.05) is 33.8 Å². The fourth-order valence-corrected chi connectivity index (χ4v) is 3.76. The molecule has 2 heterocycles. The van der Waals surface area contributed by atoms with Gasteiger partial charge in [-0.15, -0.1) is 11.3 Å². The maximum atomic E-state index is 5.47. The van der Waals surface area contributed by atoms with E-state index in [-0.39, 0.29) is 0 Å². The average molecular weight is 355 g/mol. The third-order valence-electron chi connectivity index (χ3n) is 2.57. The number of thiophene rings is 1. The zero-order valence-electron chi connectivity index (χ0n) is 8.29. The van der Waals surface area contributed by atoms with Crippen LogP contribution < -0.4 is 0 Å². The van der Waals surface area contributed by atoms with Gasteiger partial charge in [-0.3, -0.25) is 4.90 Å². The van der Waals surface area contributed by atoms with E-state index in [0.29, 0.717) is 6.04 Å². The second-order valence-electron chi connectivity index (χ2n) is 3.55. The molecule has 15 heavy (non-hydrogen) atoms. The van der Waals surface area contributed by atoms with Gasteiger partial charge in [0.05, 0.1) is 13.2 Å². The highest BCUT2D eigenvalue weighted by Crippen LogP contribution is 2.25. The van der Waals surface area contributed by atoms with Crippen LogP contribution in [0.15, 0.2) is 15.9 Å². The molecule has 0 saturated carbocycles. The first-order valence-electron chi connectivity index (χ1n) is 4.91. The molecule has 0 aromatic carbocycles. The topological polar surface area (TPSA) is 12.5 Å². The summed E-state index contributed by atoms with van der Waals surface area (Å²) in [5.74, 6) is 0. The highest BCUT2D eigenvalue weighted by molar-refractivity contribution is 9.10. The maximum absolute atomic E-state index is 5.47. The standard InChI is InChI=1S/C10H13Br2NOS/c11-5-8-7-14-3-2-13(8)6-10-9(12)1-4-15-10/h1,4,8H,2-3,5-7H2. The molecule has 1 unspecified atom stereocenters. The number of ether oxygens (including phenoxy) is 1. The molecule has 1 saturated heterocycles. The van der Waals surface area contributed by atoms with Crippen LogP contribution in [-0.2, 0) is 11.3 Å². The molecule has 84 valence electrons. The largest absolute Gasteiger partial charge is 0.378 e. The SMILES string of the molecule is BrCC1COCCN1Cc1sccc1Br. The number of morpholine rings is 1. The summed E-state index contributed by atoms with van der Waals surface area (Å²) in [4.78, 5) is 3.89. The van der Waals surface area contributed by atoms with E-state index in [1.54, 1.807) is 0 Å². The van der Waals surface area contributed by atoms with Crippen molar-refractivity contribution in [1.82, 2.24) is 4.90 Å². The molecule has 0 N–H and O–H groups in total. The van der Waals surface area contributed by atoms with Crippen LogP contribution in [0.2, 0.25) is 0 Å². The zero-order chi connectivity index (χ0) is 10.7.